The number of imidazole rings is 1. The molecule has 104 valence electrons. The zero-order valence-corrected chi connectivity index (χ0v) is 12.3. The second kappa shape index (κ2) is 6.20. The van der Waals surface area contributed by atoms with Crippen LogP contribution in [0.5, 0.6) is 0 Å². The lowest BCUT2D eigenvalue weighted by Gasteiger charge is -2.08. The Hall–Kier alpha value is -1.35. The van der Waals surface area contributed by atoms with E-state index in [9.17, 15) is 0 Å². The van der Waals surface area contributed by atoms with Crippen LogP contribution in [0.1, 0.15) is 44.5 Å². The molecule has 1 unspecified atom stereocenters. The van der Waals surface area contributed by atoms with Gasteiger partial charge in [0.1, 0.15) is 5.82 Å². The van der Waals surface area contributed by atoms with Gasteiger partial charge in [0, 0.05) is 19.0 Å². The van der Waals surface area contributed by atoms with E-state index in [1.165, 1.54) is 16.9 Å². The molecule has 0 saturated carbocycles. The number of fused-ring (bicyclic) bond motifs is 1. The van der Waals surface area contributed by atoms with Crippen LogP contribution in [0.2, 0.25) is 0 Å². The molecule has 0 aliphatic heterocycles. The highest BCUT2D eigenvalue weighted by Crippen LogP contribution is 2.19. The quantitative estimate of drug-likeness (QED) is 0.863. The van der Waals surface area contributed by atoms with E-state index in [1.54, 1.807) is 0 Å². The molecule has 0 aliphatic rings. The lowest BCUT2D eigenvalue weighted by Crippen LogP contribution is -2.15. The Kier molecular flexibility index (Phi) is 4.59. The Balaban J connectivity index is 2.27. The fraction of sp³-hybridized carbons (Fsp3) is 0.562. The van der Waals surface area contributed by atoms with Gasteiger partial charge in [0.2, 0.25) is 0 Å². The second-order valence-corrected chi connectivity index (χ2v) is 5.54. The highest BCUT2D eigenvalue weighted by atomic mass is 15.1. The van der Waals surface area contributed by atoms with Crippen molar-refractivity contribution >= 4 is 11.0 Å². The van der Waals surface area contributed by atoms with Gasteiger partial charge in [-0.25, -0.2) is 4.98 Å². The van der Waals surface area contributed by atoms with Gasteiger partial charge in [-0.2, -0.15) is 0 Å². The topological polar surface area (TPSA) is 43.8 Å². The summed E-state index contributed by atoms with van der Waals surface area (Å²) in [5.74, 6) is 1.21. The van der Waals surface area contributed by atoms with Gasteiger partial charge >= 0.3 is 0 Å². The zero-order chi connectivity index (χ0) is 13.8. The summed E-state index contributed by atoms with van der Waals surface area (Å²) in [5, 5.41) is 0. The predicted molar refractivity (Wildman–Crippen MR) is 81.3 cm³/mol. The average molecular weight is 259 g/mol. The van der Waals surface area contributed by atoms with Crippen LogP contribution in [0.4, 0.5) is 0 Å². The Morgan fingerprint density at radius 2 is 2.16 bits per heavy atom. The molecular weight excluding hydrogens is 234 g/mol. The van der Waals surface area contributed by atoms with E-state index >= 15 is 0 Å². The Morgan fingerprint density at radius 3 is 2.84 bits per heavy atom. The van der Waals surface area contributed by atoms with E-state index in [0.717, 1.165) is 37.7 Å². The van der Waals surface area contributed by atoms with E-state index in [2.05, 4.69) is 43.5 Å². The van der Waals surface area contributed by atoms with Gasteiger partial charge in [-0.1, -0.05) is 13.0 Å². The molecule has 3 heteroatoms. The molecule has 0 aliphatic carbocycles. The number of hydrogen-bond donors (Lipinski definition) is 1. The van der Waals surface area contributed by atoms with Crippen LogP contribution in [0.25, 0.3) is 11.0 Å². The molecule has 2 rings (SSSR count). The normalized spacial score (nSPS) is 13.1. The zero-order valence-electron chi connectivity index (χ0n) is 12.3. The number of aromatic nitrogens is 2. The van der Waals surface area contributed by atoms with Gasteiger partial charge in [0.25, 0.3) is 0 Å². The molecule has 0 amide bonds. The SMILES string of the molecule is CCCn1c(CCCC(C)N)nc2cc(C)ccc21. The first kappa shape index (κ1) is 14.1. The van der Waals surface area contributed by atoms with Crippen molar-refractivity contribution in [3.05, 3.63) is 29.6 Å². The van der Waals surface area contributed by atoms with Gasteiger partial charge in [-0.05, 0) is 50.8 Å². The maximum absolute atomic E-state index is 5.82. The summed E-state index contributed by atoms with van der Waals surface area (Å²) in [4.78, 5) is 4.81. The molecule has 3 nitrogen and oxygen atoms in total. The predicted octanol–water partition coefficient (Wildman–Crippen LogP) is 3.42. The summed E-state index contributed by atoms with van der Waals surface area (Å²) in [6, 6.07) is 6.83. The van der Waals surface area contributed by atoms with Crippen molar-refractivity contribution in [2.75, 3.05) is 0 Å². The number of benzene rings is 1. The molecule has 1 heterocycles. The highest BCUT2D eigenvalue weighted by Gasteiger charge is 2.10. The molecule has 2 aromatic rings. The van der Waals surface area contributed by atoms with Crippen molar-refractivity contribution in [1.29, 1.82) is 0 Å². The van der Waals surface area contributed by atoms with Crippen LogP contribution in [-0.2, 0) is 13.0 Å². The third kappa shape index (κ3) is 3.35. The van der Waals surface area contributed by atoms with Crippen LogP contribution < -0.4 is 5.73 Å². The Morgan fingerprint density at radius 1 is 1.37 bits per heavy atom. The smallest absolute Gasteiger partial charge is 0.109 e. The van der Waals surface area contributed by atoms with Crippen molar-refractivity contribution in [2.24, 2.45) is 5.73 Å². The minimum absolute atomic E-state index is 0.284. The van der Waals surface area contributed by atoms with Crippen molar-refractivity contribution in [3.63, 3.8) is 0 Å². The monoisotopic (exact) mass is 259 g/mol. The van der Waals surface area contributed by atoms with E-state index in [-0.39, 0.29) is 6.04 Å². The summed E-state index contributed by atoms with van der Waals surface area (Å²) < 4.78 is 2.37. The van der Waals surface area contributed by atoms with E-state index in [4.69, 9.17) is 10.7 Å². The van der Waals surface area contributed by atoms with Crippen LogP contribution in [0, 0.1) is 6.92 Å². The van der Waals surface area contributed by atoms with Crippen molar-refractivity contribution < 1.29 is 0 Å². The molecule has 0 bridgehead atoms. The van der Waals surface area contributed by atoms with Crippen molar-refractivity contribution in [1.82, 2.24) is 9.55 Å². The molecule has 0 fully saturated rings. The fourth-order valence-corrected chi connectivity index (χ4v) is 2.54. The third-order valence-electron chi connectivity index (χ3n) is 3.49. The molecule has 19 heavy (non-hydrogen) atoms. The highest BCUT2D eigenvalue weighted by molar-refractivity contribution is 5.76. The van der Waals surface area contributed by atoms with Gasteiger partial charge in [0.05, 0.1) is 11.0 Å². The maximum Gasteiger partial charge on any atom is 0.109 e. The number of hydrogen-bond acceptors (Lipinski definition) is 2. The lowest BCUT2D eigenvalue weighted by molar-refractivity contribution is 0.587. The standard InChI is InChI=1S/C16H25N3/c1-4-10-19-15-9-8-12(2)11-14(15)18-16(19)7-5-6-13(3)17/h8-9,11,13H,4-7,10,17H2,1-3H3. The second-order valence-electron chi connectivity index (χ2n) is 5.54. The first-order valence-electron chi connectivity index (χ1n) is 7.33. The van der Waals surface area contributed by atoms with Gasteiger partial charge in [-0.15, -0.1) is 0 Å². The molecule has 0 radical (unpaired) electrons. The van der Waals surface area contributed by atoms with Crippen LogP contribution >= 0.6 is 0 Å². The average Bonchev–Trinajstić information content (AvgIpc) is 2.67. The number of nitrogens with zero attached hydrogens (tertiary/aromatic N) is 2. The van der Waals surface area contributed by atoms with Gasteiger partial charge < -0.3 is 10.3 Å². The number of aryl methyl sites for hydroxylation is 3. The fourth-order valence-electron chi connectivity index (χ4n) is 2.54. The first-order valence-corrected chi connectivity index (χ1v) is 7.33. The summed E-state index contributed by atoms with van der Waals surface area (Å²) in [6.45, 7) is 7.45. The number of nitrogens with two attached hydrogens (primary N) is 1. The summed E-state index contributed by atoms with van der Waals surface area (Å²) >= 11 is 0. The molecular formula is C16H25N3. The molecule has 0 spiro atoms. The summed E-state index contributed by atoms with van der Waals surface area (Å²) in [7, 11) is 0. The molecule has 2 N–H and O–H groups in total. The summed E-state index contributed by atoms with van der Waals surface area (Å²) in [5.41, 5.74) is 9.49. The van der Waals surface area contributed by atoms with Crippen LogP contribution in [0.15, 0.2) is 18.2 Å². The minimum Gasteiger partial charge on any atom is -0.328 e. The first-order chi connectivity index (χ1) is 9.11. The van der Waals surface area contributed by atoms with E-state index in [0.29, 0.717) is 0 Å². The Labute approximate surface area is 115 Å². The largest absolute Gasteiger partial charge is 0.328 e. The van der Waals surface area contributed by atoms with Crippen LogP contribution in [0.3, 0.4) is 0 Å². The van der Waals surface area contributed by atoms with E-state index in [1.807, 2.05) is 0 Å². The third-order valence-corrected chi connectivity index (χ3v) is 3.49. The Bertz CT molecular complexity index is 540. The van der Waals surface area contributed by atoms with E-state index < -0.39 is 0 Å². The van der Waals surface area contributed by atoms with Crippen molar-refractivity contribution in [2.45, 2.75) is 59.0 Å². The van der Waals surface area contributed by atoms with Crippen molar-refractivity contribution in [3.8, 4) is 0 Å². The molecule has 0 saturated heterocycles. The maximum atomic E-state index is 5.82. The molecule has 1 aromatic heterocycles. The van der Waals surface area contributed by atoms with Crippen LogP contribution in [-0.4, -0.2) is 15.6 Å². The lowest BCUT2D eigenvalue weighted by atomic mass is 10.1. The molecule has 1 aromatic carbocycles. The molecule has 1 atom stereocenters. The van der Waals surface area contributed by atoms with Gasteiger partial charge in [-0.3, -0.25) is 0 Å². The minimum atomic E-state index is 0.284. The number of rotatable bonds is 6. The summed E-state index contributed by atoms with van der Waals surface area (Å²) in [6.07, 6.45) is 4.34. The van der Waals surface area contributed by atoms with Gasteiger partial charge in [0.15, 0.2) is 0 Å².